The van der Waals surface area contributed by atoms with Crippen LogP contribution in [0, 0.1) is 34.5 Å². The lowest BCUT2D eigenvalue weighted by atomic mass is 9.47. The van der Waals surface area contributed by atoms with Crippen LogP contribution in [0.25, 0.3) is 0 Å². The van der Waals surface area contributed by atoms with E-state index in [9.17, 15) is 14.7 Å². The van der Waals surface area contributed by atoms with E-state index < -0.39 is 17.3 Å². The average Bonchev–Trinajstić information content (AvgIpc) is 2.94. The van der Waals surface area contributed by atoms with Gasteiger partial charge in [-0.25, -0.2) is 4.79 Å². The molecule has 0 aromatic heterocycles. The highest BCUT2D eigenvalue weighted by Crippen LogP contribution is 2.66. The van der Waals surface area contributed by atoms with Gasteiger partial charge in [0, 0.05) is 16.9 Å². The summed E-state index contributed by atoms with van der Waals surface area (Å²) in [5.74, 6) is 2.28. The molecule has 1 N–H and O–H groups in total. The van der Waals surface area contributed by atoms with Gasteiger partial charge in [0.25, 0.3) is 0 Å². The molecule has 4 aliphatic rings. The summed E-state index contributed by atoms with van der Waals surface area (Å²) in [5, 5.41) is 9.71. The minimum atomic E-state index is -0.734. The molecule has 3 fully saturated rings. The van der Waals surface area contributed by atoms with Crippen LogP contribution in [0.1, 0.15) is 51.9 Å². The molecular formula is C21H26O3. The molecule has 0 radical (unpaired) electrons. The highest BCUT2D eigenvalue weighted by molar-refractivity contribution is 5.73. The second-order valence-electron chi connectivity index (χ2n) is 8.45. The van der Waals surface area contributed by atoms with Crippen LogP contribution in [0.4, 0.5) is 0 Å². The molecule has 4 rings (SSSR count). The van der Waals surface area contributed by atoms with Crippen LogP contribution >= 0.6 is 0 Å². The maximum atomic E-state index is 11.8. The van der Waals surface area contributed by atoms with Gasteiger partial charge in [-0.1, -0.05) is 30.7 Å². The van der Waals surface area contributed by atoms with Gasteiger partial charge in [-0.2, -0.15) is 0 Å². The zero-order valence-electron chi connectivity index (χ0n) is 14.3. The number of carbonyl (C=O) groups excluding carboxylic acids is 1. The minimum Gasteiger partial charge on any atom is -0.481 e. The van der Waals surface area contributed by atoms with Crippen LogP contribution < -0.4 is 0 Å². The number of aliphatic carboxylic acids is 1. The summed E-state index contributed by atoms with van der Waals surface area (Å²) >= 11 is 0. The molecule has 0 saturated heterocycles. The lowest BCUT2D eigenvalue weighted by Gasteiger charge is -2.56. The van der Waals surface area contributed by atoms with Gasteiger partial charge in [0.1, 0.15) is 5.94 Å². The third-order valence-corrected chi connectivity index (χ3v) is 7.83. The normalized spacial score (nSPS) is 46.1. The van der Waals surface area contributed by atoms with E-state index in [1.165, 1.54) is 0 Å². The van der Waals surface area contributed by atoms with E-state index in [1.54, 1.807) is 11.6 Å². The van der Waals surface area contributed by atoms with Crippen molar-refractivity contribution in [2.75, 3.05) is 0 Å². The van der Waals surface area contributed by atoms with Crippen LogP contribution in [0.2, 0.25) is 0 Å². The van der Waals surface area contributed by atoms with E-state index >= 15 is 0 Å². The number of carboxylic acid groups (broad SMARTS) is 1. The fourth-order valence-electron chi connectivity index (χ4n) is 6.81. The maximum absolute atomic E-state index is 11.8. The SMILES string of the molecule is C[C@]12C=CCC=C1CC[C@H]1[C@@H]3CC[C@@H](C(=O)O)[C@@]3(C=C=O)CC[C@@H]12. The Balaban J connectivity index is 1.73. The van der Waals surface area contributed by atoms with E-state index in [1.807, 2.05) is 5.94 Å². The summed E-state index contributed by atoms with van der Waals surface area (Å²) in [6, 6.07) is 0. The fraction of sp³-hybridized carbons (Fsp3) is 0.667. The molecule has 3 heteroatoms. The molecule has 3 saturated carbocycles. The summed E-state index contributed by atoms with van der Waals surface area (Å²) in [6.07, 6.45) is 15.5. The van der Waals surface area contributed by atoms with Gasteiger partial charge in [-0.3, -0.25) is 4.79 Å². The van der Waals surface area contributed by atoms with Crippen molar-refractivity contribution in [3.05, 3.63) is 29.9 Å². The molecule has 0 unspecified atom stereocenters. The molecule has 0 heterocycles. The van der Waals surface area contributed by atoms with Gasteiger partial charge in [0.2, 0.25) is 0 Å². The first kappa shape index (κ1) is 15.9. The molecule has 0 bridgehead atoms. The summed E-state index contributed by atoms with van der Waals surface area (Å²) in [4.78, 5) is 23.1. The second-order valence-corrected chi connectivity index (χ2v) is 8.45. The van der Waals surface area contributed by atoms with Crippen LogP contribution in [0.3, 0.4) is 0 Å². The Morgan fingerprint density at radius 3 is 2.88 bits per heavy atom. The number of carboxylic acids is 1. The van der Waals surface area contributed by atoms with Crippen LogP contribution in [0.5, 0.6) is 0 Å². The predicted octanol–water partition coefficient (Wildman–Crippen LogP) is 4.18. The monoisotopic (exact) mass is 326 g/mol. The Morgan fingerprint density at radius 1 is 1.29 bits per heavy atom. The van der Waals surface area contributed by atoms with Gasteiger partial charge < -0.3 is 5.11 Å². The van der Waals surface area contributed by atoms with E-state index in [-0.39, 0.29) is 5.41 Å². The zero-order chi connectivity index (χ0) is 16.9. The first-order chi connectivity index (χ1) is 11.5. The Morgan fingerprint density at radius 2 is 2.12 bits per heavy atom. The molecule has 0 aliphatic heterocycles. The molecule has 128 valence electrons. The topological polar surface area (TPSA) is 54.4 Å². The van der Waals surface area contributed by atoms with E-state index in [0.717, 1.165) is 38.5 Å². The Bertz CT molecular complexity index is 669. The summed E-state index contributed by atoms with van der Waals surface area (Å²) < 4.78 is 0. The summed E-state index contributed by atoms with van der Waals surface area (Å²) in [5.41, 5.74) is 1.27. The number of hydrogen-bond acceptors (Lipinski definition) is 2. The quantitative estimate of drug-likeness (QED) is 0.611. The molecule has 6 atom stereocenters. The van der Waals surface area contributed by atoms with Crippen molar-refractivity contribution in [1.82, 2.24) is 0 Å². The van der Waals surface area contributed by atoms with Gasteiger partial charge in [0.05, 0.1) is 5.92 Å². The molecule has 0 aromatic carbocycles. The minimum absolute atomic E-state index is 0.138. The highest BCUT2D eigenvalue weighted by atomic mass is 16.4. The van der Waals surface area contributed by atoms with Crippen molar-refractivity contribution >= 4 is 11.9 Å². The van der Waals surface area contributed by atoms with Crippen molar-refractivity contribution < 1.29 is 14.7 Å². The lowest BCUT2D eigenvalue weighted by molar-refractivity contribution is -0.147. The lowest BCUT2D eigenvalue weighted by Crippen LogP contribution is -2.50. The third kappa shape index (κ3) is 1.97. The van der Waals surface area contributed by atoms with Gasteiger partial charge >= 0.3 is 5.97 Å². The molecule has 4 aliphatic carbocycles. The third-order valence-electron chi connectivity index (χ3n) is 7.83. The van der Waals surface area contributed by atoms with Crippen molar-refractivity contribution in [1.29, 1.82) is 0 Å². The molecule has 0 amide bonds. The largest absolute Gasteiger partial charge is 0.481 e. The standard InChI is InChI=1S/C21H26O3/c1-20-10-3-2-4-14(20)5-6-15-16(20)9-11-21(12-13-22)17(15)7-8-18(21)19(23)24/h3-4,10,12,15-18H,2,5-9,11H2,1H3,(H,23,24)/t15-,16+,17+,18+,20+,21-/m1/s1. The van der Waals surface area contributed by atoms with E-state index in [4.69, 9.17) is 0 Å². The van der Waals surface area contributed by atoms with Crippen molar-refractivity contribution in [2.45, 2.75) is 51.9 Å². The Kier molecular flexibility index (Phi) is 3.61. The first-order valence-electron chi connectivity index (χ1n) is 9.35. The van der Waals surface area contributed by atoms with Gasteiger partial charge in [-0.15, -0.1) is 0 Å². The second kappa shape index (κ2) is 5.46. The summed E-state index contributed by atoms with van der Waals surface area (Å²) in [7, 11) is 0. The molecule has 24 heavy (non-hydrogen) atoms. The van der Waals surface area contributed by atoms with Crippen LogP contribution in [-0.4, -0.2) is 17.0 Å². The van der Waals surface area contributed by atoms with Crippen molar-refractivity contribution in [3.63, 3.8) is 0 Å². The van der Waals surface area contributed by atoms with Gasteiger partial charge in [0.15, 0.2) is 0 Å². The number of carbonyl (C=O) groups is 1. The van der Waals surface area contributed by atoms with E-state index in [2.05, 4.69) is 25.2 Å². The molecule has 0 spiro atoms. The smallest absolute Gasteiger partial charge is 0.307 e. The maximum Gasteiger partial charge on any atom is 0.307 e. The molecular weight excluding hydrogens is 300 g/mol. The zero-order valence-corrected chi connectivity index (χ0v) is 14.3. The number of fused-ring (bicyclic) bond motifs is 5. The molecule has 3 nitrogen and oxygen atoms in total. The van der Waals surface area contributed by atoms with Crippen molar-refractivity contribution in [2.24, 2.45) is 34.5 Å². The van der Waals surface area contributed by atoms with Crippen LogP contribution in [-0.2, 0) is 9.59 Å². The summed E-state index contributed by atoms with van der Waals surface area (Å²) in [6.45, 7) is 2.37. The molecule has 0 aromatic rings. The van der Waals surface area contributed by atoms with E-state index in [0.29, 0.717) is 24.2 Å². The number of hydrogen-bond donors (Lipinski definition) is 1. The average molecular weight is 326 g/mol. The first-order valence-corrected chi connectivity index (χ1v) is 9.35. The fourth-order valence-corrected chi connectivity index (χ4v) is 6.81. The Hall–Kier alpha value is -1.60. The Labute approximate surface area is 143 Å². The van der Waals surface area contributed by atoms with Crippen molar-refractivity contribution in [3.8, 4) is 0 Å². The van der Waals surface area contributed by atoms with Crippen LogP contribution in [0.15, 0.2) is 29.9 Å². The predicted molar refractivity (Wildman–Crippen MR) is 91.9 cm³/mol. The highest BCUT2D eigenvalue weighted by Gasteiger charge is 2.61. The number of allylic oxidation sites excluding steroid dienone is 5. The number of rotatable bonds is 2. The van der Waals surface area contributed by atoms with Gasteiger partial charge in [-0.05, 0) is 62.7 Å².